The largest absolute Gasteiger partial charge is 0.437 e. The molecule has 1 amide bonds. The molecule has 1 aromatic carbocycles. The van der Waals surface area contributed by atoms with Crippen LogP contribution in [0.3, 0.4) is 0 Å². The van der Waals surface area contributed by atoms with E-state index < -0.39 is 48.0 Å². The summed E-state index contributed by atoms with van der Waals surface area (Å²) in [6, 6.07) is 9.92. The Bertz CT molecular complexity index is 1510. The van der Waals surface area contributed by atoms with Crippen LogP contribution in [-0.4, -0.2) is 83.2 Å². The van der Waals surface area contributed by atoms with Crippen LogP contribution in [-0.2, 0) is 17.4 Å². The number of piperazine rings is 1. The van der Waals surface area contributed by atoms with Crippen LogP contribution in [0.4, 0.5) is 38.2 Å². The second-order valence-corrected chi connectivity index (χ2v) is 11.0. The van der Waals surface area contributed by atoms with Gasteiger partial charge >= 0.3 is 12.4 Å². The standard InChI is InChI=1S/C28H26ClF6N5O4/c29-19-3-1-2-17(13-19)18-6-7-40(15-18)26-37-23(27(30,31)32)22(44-26)20(41)12-16-4-5-21(36-14-16)38-8-10-39(11-9-38)25(43)24(42)28(33,34)35/h1-5,13-14,18,24,42H,6-12,15H2. The van der Waals surface area contributed by atoms with Gasteiger partial charge in [-0.15, -0.1) is 0 Å². The minimum atomic E-state index is -5.06. The summed E-state index contributed by atoms with van der Waals surface area (Å²) in [5, 5.41) is 9.75. The molecule has 1 N–H and O–H groups in total. The van der Waals surface area contributed by atoms with Gasteiger partial charge in [0.1, 0.15) is 5.82 Å². The van der Waals surface area contributed by atoms with E-state index in [1.807, 2.05) is 6.07 Å². The summed E-state index contributed by atoms with van der Waals surface area (Å²) in [7, 11) is 0. The molecule has 0 aliphatic carbocycles. The molecule has 16 heteroatoms. The average molecular weight is 646 g/mol. The number of alkyl halides is 6. The number of ketones is 1. The Morgan fingerprint density at radius 3 is 2.36 bits per heavy atom. The van der Waals surface area contributed by atoms with Gasteiger partial charge in [-0.3, -0.25) is 9.59 Å². The van der Waals surface area contributed by atoms with Gasteiger partial charge in [-0.1, -0.05) is 29.8 Å². The number of anilines is 2. The highest BCUT2D eigenvalue weighted by atomic mass is 35.5. The number of aromatic nitrogens is 2. The fraction of sp³-hybridized carbons (Fsp3) is 0.429. The van der Waals surface area contributed by atoms with Crippen LogP contribution in [0, 0.1) is 0 Å². The van der Waals surface area contributed by atoms with Gasteiger partial charge in [0.15, 0.2) is 5.69 Å². The van der Waals surface area contributed by atoms with Crippen molar-refractivity contribution in [2.24, 2.45) is 0 Å². The fourth-order valence-corrected chi connectivity index (χ4v) is 5.43. The summed E-state index contributed by atoms with van der Waals surface area (Å²) in [6.45, 7) is 0.803. The lowest BCUT2D eigenvalue weighted by Crippen LogP contribution is -2.54. The molecule has 2 fully saturated rings. The van der Waals surface area contributed by atoms with E-state index in [1.165, 1.54) is 18.3 Å². The van der Waals surface area contributed by atoms with Crippen molar-refractivity contribution in [3.8, 4) is 0 Å². The predicted molar refractivity (Wildman–Crippen MR) is 146 cm³/mol. The molecule has 236 valence electrons. The Labute approximate surface area is 252 Å². The van der Waals surface area contributed by atoms with Crippen LogP contribution in [0.15, 0.2) is 47.0 Å². The fourth-order valence-electron chi connectivity index (χ4n) is 5.23. The third kappa shape index (κ3) is 6.93. The molecule has 44 heavy (non-hydrogen) atoms. The number of hydrogen-bond acceptors (Lipinski definition) is 8. The van der Waals surface area contributed by atoms with E-state index in [4.69, 9.17) is 16.0 Å². The summed E-state index contributed by atoms with van der Waals surface area (Å²) >= 11 is 6.07. The number of benzene rings is 1. The molecule has 4 heterocycles. The first-order valence-corrected chi connectivity index (χ1v) is 13.9. The summed E-state index contributed by atoms with van der Waals surface area (Å²) in [5.41, 5.74) is -0.170. The smallest absolute Gasteiger partial charge is 0.420 e. The van der Waals surface area contributed by atoms with Crippen LogP contribution in [0.25, 0.3) is 0 Å². The molecule has 0 spiro atoms. The van der Waals surface area contributed by atoms with Crippen molar-refractivity contribution in [2.45, 2.75) is 37.2 Å². The molecule has 2 atom stereocenters. The van der Waals surface area contributed by atoms with Crippen molar-refractivity contribution in [3.05, 3.63) is 70.2 Å². The molecule has 2 saturated heterocycles. The zero-order valence-electron chi connectivity index (χ0n) is 22.9. The topological polar surface area (TPSA) is 103 Å². The number of rotatable bonds is 7. The van der Waals surface area contributed by atoms with E-state index in [0.29, 0.717) is 35.9 Å². The molecule has 9 nitrogen and oxygen atoms in total. The van der Waals surface area contributed by atoms with E-state index in [-0.39, 0.29) is 38.1 Å². The van der Waals surface area contributed by atoms with Crippen LogP contribution in [0.5, 0.6) is 0 Å². The summed E-state index contributed by atoms with van der Waals surface area (Å²) < 4.78 is 84.9. The number of aliphatic hydroxyl groups excluding tert-OH is 1. The maximum Gasteiger partial charge on any atom is 0.437 e. The zero-order valence-corrected chi connectivity index (χ0v) is 23.7. The first kappa shape index (κ1) is 31.6. The van der Waals surface area contributed by atoms with Gasteiger partial charge in [0, 0.05) is 62.8 Å². The first-order valence-electron chi connectivity index (χ1n) is 13.6. The molecule has 2 unspecified atom stereocenters. The van der Waals surface area contributed by atoms with Crippen LogP contribution in [0.1, 0.15) is 39.7 Å². The molecule has 0 radical (unpaired) electrons. The van der Waals surface area contributed by atoms with Crippen molar-refractivity contribution in [3.63, 3.8) is 0 Å². The zero-order chi connectivity index (χ0) is 31.8. The van der Waals surface area contributed by atoms with E-state index >= 15 is 0 Å². The lowest BCUT2D eigenvalue weighted by atomic mass is 9.99. The lowest BCUT2D eigenvalue weighted by molar-refractivity contribution is -0.210. The molecule has 0 bridgehead atoms. The quantitative estimate of drug-likeness (QED) is 0.291. The first-order chi connectivity index (χ1) is 20.7. The SMILES string of the molecule is O=C(Cc1ccc(N2CCN(C(=O)C(O)C(F)(F)F)CC2)nc1)c1oc(N2CCC(c3cccc(Cl)c3)C2)nc1C(F)(F)F. The maximum absolute atomic E-state index is 13.9. The Morgan fingerprint density at radius 2 is 1.75 bits per heavy atom. The summed E-state index contributed by atoms with van der Waals surface area (Å²) in [5.74, 6) is -2.88. The van der Waals surface area contributed by atoms with Gasteiger partial charge in [-0.25, -0.2) is 4.98 Å². The highest BCUT2D eigenvalue weighted by molar-refractivity contribution is 6.30. The van der Waals surface area contributed by atoms with E-state index in [0.717, 1.165) is 10.5 Å². The number of carbonyl (C=O) groups excluding carboxylic acids is 2. The molecule has 0 saturated carbocycles. The molecule has 2 aliphatic heterocycles. The number of Topliss-reactive ketones (excluding diaryl/α,β-unsaturated/α-hetero) is 1. The van der Waals surface area contributed by atoms with Crippen molar-refractivity contribution in [1.82, 2.24) is 14.9 Å². The number of halogens is 7. The Morgan fingerprint density at radius 1 is 1.02 bits per heavy atom. The third-order valence-corrected chi connectivity index (χ3v) is 7.78. The van der Waals surface area contributed by atoms with Gasteiger partial charge in [0.05, 0.1) is 0 Å². The lowest BCUT2D eigenvalue weighted by Gasteiger charge is -2.36. The number of pyridine rings is 1. The van der Waals surface area contributed by atoms with E-state index in [1.54, 1.807) is 28.0 Å². The number of oxazole rings is 1. The normalized spacial score (nSPS) is 18.5. The van der Waals surface area contributed by atoms with E-state index in [2.05, 4.69) is 9.97 Å². The highest BCUT2D eigenvalue weighted by Gasteiger charge is 2.46. The van der Waals surface area contributed by atoms with Gasteiger partial charge in [-0.2, -0.15) is 31.3 Å². The molecule has 5 rings (SSSR count). The second-order valence-electron chi connectivity index (χ2n) is 10.5. The molecular weight excluding hydrogens is 620 g/mol. The monoisotopic (exact) mass is 645 g/mol. The highest BCUT2D eigenvalue weighted by Crippen LogP contribution is 2.37. The van der Waals surface area contributed by atoms with Crippen LogP contribution in [0.2, 0.25) is 5.02 Å². The summed E-state index contributed by atoms with van der Waals surface area (Å²) in [4.78, 5) is 36.9. The molecule has 2 aliphatic rings. The predicted octanol–water partition coefficient (Wildman–Crippen LogP) is 4.73. The number of carbonyl (C=O) groups is 2. The van der Waals surface area contributed by atoms with Gasteiger partial charge in [-0.05, 0) is 35.7 Å². The number of amides is 1. The average Bonchev–Trinajstić information content (AvgIpc) is 3.65. The number of hydrogen-bond donors (Lipinski definition) is 1. The molecule has 2 aromatic heterocycles. The van der Waals surface area contributed by atoms with Crippen molar-refractivity contribution < 1.29 is 45.5 Å². The van der Waals surface area contributed by atoms with Crippen molar-refractivity contribution in [2.75, 3.05) is 49.1 Å². The van der Waals surface area contributed by atoms with E-state index in [9.17, 15) is 41.0 Å². The van der Waals surface area contributed by atoms with Crippen molar-refractivity contribution in [1.29, 1.82) is 0 Å². The number of aliphatic hydroxyl groups is 1. The van der Waals surface area contributed by atoms with Gasteiger partial charge in [0.2, 0.25) is 17.6 Å². The molecular formula is C28H26ClF6N5O4. The Balaban J connectivity index is 1.23. The van der Waals surface area contributed by atoms with Gasteiger partial charge < -0.3 is 24.2 Å². The summed E-state index contributed by atoms with van der Waals surface area (Å²) in [6.07, 6.45) is -11.6. The van der Waals surface area contributed by atoms with Gasteiger partial charge in [0.25, 0.3) is 11.9 Å². The maximum atomic E-state index is 13.9. The van der Waals surface area contributed by atoms with Crippen LogP contribution < -0.4 is 9.80 Å². The Kier molecular flexibility index (Phi) is 8.80. The third-order valence-electron chi connectivity index (χ3n) is 7.55. The second kappa shape index (κ2) is 12.3. The van der Waals surface area contributed by atoms with Crippen molar-refractivity contribution >= 4 is 35.1 Å². The minimum absolute atomic E-state index is 0.00590. The Hall–Kier alpha value is -3.85. The van der Waals surface area contributed by atoms with Crippen LogP contribution >= 0.6 is 11.6 Å². The molecule has 3 aromatic rings. The number of nitrogens with zero attached hydrogens (tertiary/aromatic N) is 5. The minimum Gasteiger partial charge on any atom is -0.420 e.